The fraction of sp³-hybridized carbons (Fsp3) is 0.375. The summed E-state index contributed by atoms with van der Waals surface area (Å²) in [5.41, 5.74) is 0. The molecule has 0 unspecified atom stereocenters. The van der Waals surface area contributed by atoms with E-state index in [1.54, 1.807) is 18.3 Å². The molecule has 0 bridgehead atoms. The van der Waals surface area contributed by atoms with E-state index in [1.165, 1.54) is 0 Å². The maximum atomic E-state index is 12.5. The van der Waals surface area contributed by atoms with E-state index in [0.29, 0.717) is 18.8 Å². The van der Waals surface area contributed by atoms with Gasteiger partial charge in [-0.3, -0.25) is 4.79 Å². The molecule has 0 aliphatic carbocycles. The minimum absolute atomic E-state index is 0.0340. The van der Waals surface area contributed by atoms with Gasteiger partial charge in [-0.05, 0) is 31.2 Å². The zero-order chi connectivity index (χ0) is 16.2. The summed E-state index contributed by atoms with van der Waals surface area (Å²) in [4.78, 5) is 20.9. The van der Waals surface area contributed by atoms with Crippen molar-refractivity contribution >= 4 is 38.3 Å². The van der Waals surface area contributed by atoms with Crippen LogP contribution in [0.2, 0.25) is 0 Å². The molecule has 5 nitrogen and oxygen atoms in total. The number of rotatable bonds is 4. The van der Waals surface area contributed by atoms with Crippen LogP contribution >= 0.6 is 27.3 Å². The van der Waals surface area contributed by atoms with E-state index >= 15 is 0 Å². The topological polar surface area (TPSA) is 45.7 Å². The minimum atomic E-state index is -0.484. The van der Waals surface area contributed by atoms with Crippen LogP contribution in [-0.2, 0) is 4.79 Å². The Morgan fingerprint density at radius 2 is 1.96 bits per heavy atom. The number of aromatic nitrogens is 1. The predicted molar refractivity (Wildman–Crippen MR) is 95.1 cm³/mol. The lowest BCUT2D eigenvalue weighted by Gasteiger charge is -2.35. The molecule has 2 aromatic rings. The first-order valence-electron chi connectivity index (χ1n) is 7.49. The second kappa shape index (κ2) is 7.31. The molecule has 3 rings (SSSR count). The van der Waals surface area contributed by atoms with Gasteiger partial charge in [0.15, 0.2) is 11.2 Å². The normalized spacial score (nSPS) is 16.3. The molecule has 1 aliphatic heterocycles. The molecular formula is C16H18BrN3O2S. The molecule has 1 saturated heterocycles. The van der Waals surface area contributed by atoms with Crippen molar-refractivity contribution in [1.82, 2.24) is 9.88 Å². The van der Waals surface area contributed by atoms with Crippen LogP contribution in [0.3, 0.4) is 0 Å². The van der Waals surface area contributed by atoms with E-state index in [9.17, 15) is 4.79 Å². The Balaban J connectivity index is 1.53. The number of hydrogen-bond donors (Lipinski definition) is 0. The zero-order valence-corrected chi connectivity index (χ0v) is 15.2. The fourth-order valence-corrected chi connectivity index (χ4v) is 3.48. The molecule has 23 heavy (non-hydrogen) atoms. The number of halogens is 1. The Morgan fingerprint density at radius 3 is 2.57 bits per heavy atom. The highest BCUT2D eigenvalue weighted by molar-refractivity contribution is 9.10. The van der Waals surface area contributed by atoms with Crippen LogP contribution < -0.4 is 9.64 Å². The average Bonchev–Trinajstić information content (AvgIpc) is 3.11. The largest absolute Gasteiger partial charge is 0.481 e. The number of piperazine rings is 1. The average molecular weight is 396 g/mol. The minimum Gasteiger partial charge on any atom is -0.481 e. The lowest BCUT2D eigenvalue weighted by atomic mass is 10.2. The number of ether oxygens (including phenoxy) is 1. The van der Waals surface area contributed by atoms with Crippen LogP contribution in [0, 0.1) is 0 Å². The number of thiazole rings is 1. The highest BCUT2D eigenvalue weighted by Crippen LogP contribution is 2.20. The third kappa shape index (κ3) is 4.03. The van der Waals surface area contributed by atoms with Crippen molar-refractivity contribution < 1.29 is 9.53 Å². The molecule has 122 valence electrons. The van der Waals surface area contributed by atoms with Crippen LogP contribution in [0.25, 0.3) is 0 Å². The summed E-state index contributed by atoms with van der Waals surface area (Å²) in [7, 11) is 0. The lowest BCUT2D eigenvalue weighted by Crippen LogP contribution is -2.52. The molecular weight excluding hydrogens is 378 g/mol. The number of hydrogen-bond acceptors (Lipinski definition) is 5. The molecule has 1 amide bonds. The summed E-state index contributed by atoms with van der Waals surface area (Å²) < 4.78 is 6.74. The molecule has 1 aromatic carbocycles. The zero-order valence-electron chi connectivity index (χ0n) is 12.8. The van der Waals surface area contributed by atoms with Crippen molar-refractivity contribution in [3.8, 4) is 5.75 Å². The molecule has 0 N–H and O–H groups in total. The van der Waals surface area contributed by atoms with Gasteiger partial charge < -0.3 is 14.5 Å². The van der Waals surface area contributed by atoms with Crippen LogP contribution in [0.15, 0.2) is 40.3 Å². The lowest BCUT2D eigenvalue weighted by molar-refractivity contribution is -0.138. The van der Waals surface area contributed by atoms with E-state index in [0.717, 1.165) is 22.7 Å². The van der Waals surface area contributed by atoms with Crippen LogP contribution in [-0.4, -0.2) is 48.1 Å². The highest BCUT2D eigenvalue weighted by Gasteiger charge is 2.26. The Morgan fingerprint density at radius 1 is 1.26 bits per heavy atom. The summed E-state index contributed by atoms with van der Waals surface area (Å²) in [6.07, 6.45) is 1.33. The van der Waals surface area contributed by atoms with E-state index in [1.807, 2.05) is 40.7 Å². The van der Waals surface area contributed by atoms with Crippen molar-refractivity contribution in [3.05, 3.63) is 40.3 Å². The van der Waals surface area contributed by atoms with Gasteiger partial charge in [0.2, 0.25) is 0 Å². The summed E-state index contributed by atoms with van der Waals surface area (Å²) in [5.74, 6) is 0.738. The van der Waals surface area contributed by atoms with Gasteiger partial charge >= 0.3 is 0 Å². The van der Waals surface area contributed by atoms with Crippen molar-refractivity contribution in [1.29, 1.82) is 0 Å². The van der Waals surface area contributed by atoms with Gasteiger partial charge in [0.25, 0.3) is 5.91 Å². The first-order chi connectivity index (χ1) is 11.1. The molecule has 1 atom stereocenters. The second-order valence-corrected chi connectivity index (χ2v) is 7.13. The van der Waals surface area contributed by atoms with E-state index < -0.39 is 6.10 Å². The molecule has 0 spiro atoms. The third-order valence-electron chi connectivity index (χ3n) is 3.76. The monoisotopic (exact) mass is 395 g/mol. The van der Waals surface area contributed by atoms with Gasteiger partial charge in [-0.2, -0.15) is 0 Å². The van der Waals surface area contributed by atoms with Crippen LogP contribution in [0.5, 0.6) is 5.75 Å². The Hall–Kier alpha value is -1.60. The fourth-order valence-electron chi connectivity index (χ4n) is 2.52. The Labute approximate surface area is 148 Å². The number of carbonyl (C=O) groups excluding carboxylic acids is 1. The standard InChI is InChI=1S/C16H18BrN3O2S/c1-12(22-14-4-2-13(17)3-5-14)15(21)19-7-9-20(10-8-19)16-18-6-11-23-16/h2-6,11-12H,7-10H2,1H3/t12-/m1/s1. The van der Waals surface area contributed by atoms with E-state index in [-0.39, 0.29) is 5.91 Å². The van der Waals surface area contributed by atoms with Crippen molar-refractivity contribution in [2.24, 2.45) is 0 Å². The molecule has 2 heterocycles. The summed E-state index contributed by atoms with van der Waals surface area (Å²) in [6, 6.07) is 7.52. The summed E-state index contributed by atoms with van der Waals surface area (Å²) >= 11 is 5.02. The van der Waals surface area contributed by atoms with Gasteiger partial charge in [-0.1, -0.05) is 15.9 Å². The molecule has 1 aromatic heterocycles. The smallest absolute Gasteiger partial charge is 0.263 e. The Bertz CT molecular complexity index is 640. The maximum Gasteiger partial charge on any atom is 0.263 e. The van der Waals surface area contributed by atoms with Gasteiger partial charge in [0.1, 0.15) is 5.75 Å². The van der Waals surface area contributed by atoms with Crippen LogP contribution in [0.1, 0.15) is 6.92 Å². The molecule has 7 heteroatoms. The van der Waals surface area contributed by atoms with Crippen molar-refractivity contribution in [3.63, 3.8) is 0 Å². The number of nitrogens with zero attached hydrogens (tertiary/aromatic N) is 3. The Kier molecular flexibility index (Phi) is 5.17. The second-order valence-electron chi connectivity index (χ2n) is 5.34. The summed E-state index contributed by atoms with van der Waals surface area (Å²) in [6.45, 7) is 4.82. The van der Waals surface area contributed by atoms with Crippen molar-refractivity contribution in [2.75, 3.05) is 31.1 Å². The van der Waals surface area contributed by atoms with Crippen LogP contribution in [0.4, 0.5) is 5.13 Å². The molecule has 0 saturated carbocycles. The van der Waals surface area contributed by atoms with Crippen molar-refractivity contribution in [2.45, 2.75) is 13.0 Å². The highest BCUT2D eigenvalue weighted by atomic mass is 79.9. The first kappa shape index (κ1) is 16.3. The SMILES string of the molecule is C[C@@H](Oc1ccc(Br)cc1)C(=O)N1CCN(c2nccs2)CC1. The molecule has 0 radical (unpaired) electrons. The first-order valence-corrected chi connectivity index (χ1v) is 9.16. The number of benzene rings is 1. The summed E-state index contributed by atoms with van der Waals surface area (Å²) in [5, 5.41) is 3.00. The van der Waals surface area contributed by atoms with E-state index in [2.05, 4.69) is 25.8 Å². The number of carbonyl (C=O) groups is 1. The van der Waals surface area contributed by atoms with Gasteiger partial charge in [0, 0.05) is 42.2 Å². The maximum absolute atomic E-state index is 12.5. The van der Waals surface area contributed by atoms with E-state index in [4.69, 9.17) is 4.74 Å². The quantitative estimate of drug-likeness (QED) is 0.797. The number of amides is 1. The number of anilines is 1. The van der Waals surface area contributed by atoms with Gasteiger partial charge in [-0.25, -0.2) is 4.98 Å². The van der Waals surface area contributed by atoms with Gasteiger partial charge in [0.05, 0.1) is 0 Å². The molecule has 1 aliphatic rings. The predicted octanol–water partition coefficient (Wildman–Crippen LogP) is 3.02. The molecule has 1 fully saturated rings. The third-order valence-corrected chi connectivity index (χ3v) is 5.12. The van der Waals surface area contributed by atoms with Gasteiger partial charge in [-0.15, -0.1) is 11.3 Å².